The Morgan fingerprint density at radius 1 is 1.06 bits per heavy atom. The Hall–Kier alpha value is -3.55. The number of nitrogens with zero attached hydrogens (tertiary/aromatic N) is 1. The zero-order valence-corrected chi connectivity index (χ0v) is 19.4. The second kappa shape index (κ2) is 10.8. The molecule has 8 heteroatoms. The van der Waals surface area contributed by atoms with Gasteiger partial charge in [-0.3, -0.25) is 9.59 Å². The lowest BCUT2D eigenvalue weighted by atomic mass is 10.0. The van der Waals surface area contributed by atoms with Gasteiger partial charge in [0.25, 0.3) is 11.8 Å². The van der Waals surface area contributed by atoms with Crippen molar-refractivity contribution < 1.29 is 28.6 Å². The molecule has 2 amide bonds. The molecule has 3 rings (SSSR count). The van der Waals surface area contributed by atoms with E-state index in [0.717, 1.165) is 11.1 Å². The van der Waals surface area contributed by atoms with Gasteiger partial charge in [0.05, 0.1) is 0 Å². The molecule has 0 fully saturated rings. The summed E-state index contributed by atoms with van der Waals surface area (Å²) in [7, 11) is 0. The molecule has 33 heavy (non-hydrogen) atoms. The van der Waals surface area contributed by atoms with Crippen molar-refractivity contribution in [1.29, 1.82) is 0 Å². The van der Waals surface area contributed by atoms with Crippen LogP contribution < -0.4 is 14.8 Å². The van der Waals surface area contributed by atoms with Gasteiger partial charge in [-0.2, -0.15) is 0 Å². The summed E-state index contributed by atoms with van der Waals surface area (Å²) in [4.78, 5) is 39.5. The average Bonchev–Trinajstić information content (AvgIpc) is 3.27. The number of rotatable bonds is 9. The van der Waals surface area contributed by atoms with Crippen LogP contribution in [0.15, 0.2) is 42.5 Å². The molecule has 1 N–H and O–H groups in total. The second-order valence-electron chi connectivity index (χ2n) is 8.26. The first-order valence-corrected chi connectivity index (χ1v) is 11.0. The number of carbonyl (C=O) groups is 3. The number of fused-ring (bicyclic) bond motifs is 1. The molecule has 1 atom stereocenters. The average molecular weight is 455 g/mol. The van der Waals surface area contributed by atoms with E-state index >= 15 is 0 Å². The van der Waals surface area contributed by atoms with Crippen molar-refractivity contribution in [3.8, 4) is 11.5 Å². The SMILES string of the molecule is CCN(Cc1ccc2c(c1)OCO2)C(=O)COC(=O)C(NC(=O)c1ccc(C)cc1)C(C)C. The maximum Gasteiger partial charge on any atom is 0.329 e. The molecule has 1 aliphatic heterocycles. The molecule has 0 aliphatic carbocycles. The van der Waals surface area contributed by atoms with Gasteiger partial charge in [0, 0.05) is 18.7 Å². The van der Waals surface area contributed by atoms with Crippen molar-refractivity contribution in [3.05, 3.63) is 59.2 Å². The van der Waals surface area contributed by atoms with Crippen molar-refractivity contribution in [2.45, 2.75) is 40.3 Å². The number of esters is 1. The molecule has 1 aliphatic rings. The summed E-state index contributed by atoms with van der Waals surface area (Å²) in [6.45, 7) is 7.97. The van der Waals surface area contributed by atoms with Crippen molar-refractivity contribution >= 4 is 17.8 Å². The summed E-state index contributed by atoms with van der Waals surface area (Å²) in [6.07, 6.45) is 0. The topological polar surface area (TPSA) is 94.2 Å². The lowest BCUT2D eigenvalue weighted by Crippen LogP contribution is -2.46. The van der Waals surface area contributed by atoms with Gasteiger partial charge in [0.2, 0.25) is 6.79 Å². The highest BCUT2D eigenvalue weighted by atomic mass is 16.7. The number of aryl methyl sites for hydroxylation is 1. The molecule has 8 nitrogen and oxygen atoms in total. The van der Waals surface area contributed by atoms with Gasteiger partial charge in [0.1, 0.15) is 6.04 Å². The van der Waals surface area contributed by atoms with Gasteiger partial charge < -0.3 is 24.4 Å². The van der Waals surface area contributed by atoms with Gasteiger partial charge >= 0.3 is 5.97 Å². The smallest absolute Gasteiger partial charge is 0.329 e. The molecule has 0 saturated heterocycles. The Bertz CT molecular complexity index is 1000. The minimum atomic E-state index is -0.865. The van der Waals surface area contributed by atoms with E-state index in [9.17, 15) is 14.4 Å². The van der Waals surface area contributed by atoms with Crippen LogP contribution in [-0.2, 0) is 20.9 Å². The van der Waals surface area contributed by atoms with Crippen LogP contribution in [-0.4, -0.2) is 48.7 Å². The molecule has 1 unspecified atom stereocenters. The Balaban J connectivity index is 1.56. The van der Waals surface area contributed by atoms with Crippen LogP contribution in [0.5, 0.6) is 11.5 Å². The van der Waals surface area contributed by atoms with Gasteiger partial charge in [-0.1, -0.05) is 37.6 Å². The highest BCUT2D eigenvalue weighted by molar-refractivity contribution is 5.97. The van der Waals surface area contributed by atoms with Crippen LogP contribution in [0.1, 0.15) is 42.3 Å². The molecule has 0 saturated carbocycles. The van der Waals surface area contributed by atoms with Gasteiger partial charge in [-0.15, -0.1) is 0 Å². The van der Waals surface area contributed by atoms with Crippen molar-refractivity contribution in [1.82, 2.24) is 10.2 Å². The predicted octanol–water partition coefficient (Wildman–Crippen LogP) is 3.07. The van der Waals surface area contributed by atoms with Gasteiger partial charge in [0.15, 0.2) is 18.1 Å². The van der Waals surface area contributed by atoms with Crippen LogP contribution in [0, 0.1) is 12.8 Å². The minimum absolute atomic E-state index is 0.183. The molecule has 176 valence electrons. The Labute approximate surface area is 193 Å². The monoisotopic (exact) mass is 454 g/mol. The molecular formula is C25H30N2O6. The lowest BCUT2D eigenvalue weighted by Gasteiger charge is -2.23. The summed E-state index contributed by atoms with van der Waals surface area (Å²) < 4.78 is 16.0. The van der Waals surface area contributed by atoms with Crippen LogP contribution in [0.3, 0.4) is 0 Å². The third-order valence-corrected chi connectivity index (χ3v) is 5.40. The van der Waals surface area contributed by atoms with E-state index < -0.39 is 18.6 Å². The molecule has 0 spiro atoms. The first-order chi connectivity index (χ1) is 15.8. The Morgan fingerprint density at radius 3 is 2.42 bits per heavy atom. The van der Waals surface area contributed by atoms with Crippen molar-refractivity contribution in [2.24, 2.45) is 5.92 Å². The fourth-order valence-corrected chi connectivity index (χ4v) is 3.38. The zero-order valence-electron chi connectivity index (χ0n) is 19.4. The molecule has 1 heterocycles. The quantitative estimate of drug-likeness (QED) is 0.586. The van der Waals surface area contributed by atoms with Crippen LogP contribution in [0.25, 0.3) is 0 Å². The van der Waals surface area contributed by atoms with Crippen LogP contribution in [0.2, 0.25) is 0 Å². The Kier molecular flexibility index (Phi) is 7.92. The van der Waals surface area contributed by atoms with Gasteiger partial charge in [-0.25, -0.2) is 4.79 Å². The second-order valence-corrected chi connectivity index (χ2v) is 8.26. The number of hydrogen-bond donors (Lipinski definition) is 1. The number of carbonyl (C=O) groups excluding carboxylic acids is 3. The number of amides is 2. The molecular weight excluding hydrogens is 424 g/mol. The lowest BCUT2D eigenvalue weighted by molar-refractivity contribution is -0.154. The van der Waals surface area contributed by atoms with Crippen LogP contribution in [0.4, 0.5) is 0 Å². The number of benzene rings is 2. The number of hydrogen-bond acceptors (Lipinski definition) is 6. The number of ether oxygens (including phenoxy) is 3. The van der Waals surface area contributed by atoms with Crippen molar-refractivity contribution in [3.63, 3.8) is 0 Å². The summed E-state index contributed by atoms with van der Waals surface area (Å²) >= 11 is 0. The fraction of sp³-hybridized carbons (Fsp3) is 0.400. The molecule has 2 aromatic rings. The minimum Gasteiger partial charge on any atom is -0.454 e. The highest BCUT2D eigenvalue weighted by Crippen LogP contribution is 2.32. The number of nitrogens with one attached hydrogen (secondary N) is 1. The van der Waals surface area contributed by atoms with E-state index in [4.69, 9.17) is 14.2 Å². The van der Waals surface area contributed by atoms with E-state index in [0.29, 0.717) is 30.2 Å². The summed E-state index contributed by atoms with van der Waals surface area (Å²) in [5.74, 6) is -0.220. The van der Waals surface area contributed by atoms with E-state index in [1.807, 2.05) is 38.1 Å². The van der Waals surface area contributed by atoms with E-state index in [1.54, 1.807) is 36.9 Å². The standard InChI is InChI=1S/C25H30N2O6/c1-5-27(13-18-8-11-20-21(12-18)33-15-32-20)22(28)14-31-25(30)23(16(2)3)26-24(29)19-9-6-17(4)7-10-19/h6-12,16,23H,5,13-15H2,1-4H3,(H,26,29). The summed E-state index contributed by atoms with van der Waals surface area (Å²) in [5.41, 5.74) is 2.37. The highest BCUT2D eigenvalue weighted by Gasteiger charge is 2.27. The number of likely N-dealkylation sites (N-methyl/N-ethyl adjacent to an activating group) is 1. The van der Waals surface area contributed by atoms with Gasteiger partial charge in [-0.05, 0) is 49.6 Å². The maximum atomic E-state index is 12.7. The molecule has 0 bridgehead atoms. The molecule has 2 aromatic carbocycles. The zero-order chi connectivity index (χ0) is 24.0. The van der Waals surface area contributed by atoms with E-state index in [1.165, 1.54) is 0 Å². The maximum absolute atomic E-state index is 12.7. The predicted molar refractivity (Wildman–Crippen MR) is 122 cm³/mol. The normalized spacial score (nSPS) is 12.9. The molecule has 0 radical (unpaired) electrons. The summed E-state index contributed by atoms with van der Waals surface area (Å²) in [6, 6.07) is 11.7. The van der Waals surface area contributed by atoms with E-state index in [2.05, 4.69) is 5.32 Å². The third-order valence-electron chi connectivity index (χ3n) is 5.40. The fourth-order valence-electron chi connectivity index (χ4n) is 3.38. The first-order valence-electron chi connectivity index (χ1n) is 11.0. The molecule has 0 aromatic heterocycles. The third kappa shape index (κ3) is 6.25. The van der Waals surface area contributed by atoms with Crippen LogP contribution >= 0.6 is 0 Å². The first kappa shape index (κ1) is 24.1. The largest absolute Gasteiger partial charge is 0.454 e. The Morgan fingerprint density at radius 2 is 1.76 bits per heavy atom. The summed E-state index contributed by atoms with van der Waals surface area (Å²) in [5, 5.41) is 2.72. The van der Waals surface area contributed by atoms with E-state index in [-0.39, 0.29) is 24.5 Å². The van der Waals surface area contributed by atoms with Crippen molar-refractivity contribution in [2.75, 3.05) is 19.9 Å².